The standard InChI is InChI=1S/C24H32N4S2/c1-4-27(5-2)14-9-15-28(18-19-17-25-23-13-7-6-12-22(19)23)24(29)26-20-10-8-11-21(16-20)30-3/h6-8,10-13,16-17,25H,4-5,9,14-15,18H2,1-3H3,(H,26,29). The van der Waals surface area contributed by atoms with Crippen LogP contribution >= 0.6 is 24.0 Å². The van der Waals surface area contributed by atoms with E-state index in [1.807, 2.05) is 0 Å². The van der Waals surface area contributed by atoms with Crippen LogP contribution in [0.25, 0.3) is 10.9 Å². The smallest absolute Gasteiger partial charge is 0.173 e. The maximum Gasteiger partial charge on any atom is 0.173 e. The van der Waals surface area contributed by atoms with Crippen LogP contribution in [-0.4, -0.2) is 52.3 Å². The molecule has 0 aliphatic rings. The van der Waals surface area contributed by atoms with Gasteiger partial charge in [0.15, 0.2) is 5.11 Å². The Labute approximate surface area is 190 Å². The molecule has 0 atom stereocenters. The summed E-state index contributed by atoms with van der Waals surface area (Å²) in [6.07, 6.45) is 5.28. The monoisotopic (exact) mass is 440 g/mol. The molecular formula is C24H32N4S2. The van der Waals surface area contributed by atoms with Crippen LogP contribution in [0.15, 0.2) is 59.6 Å². The van der Waals surface area contributed by atoms with Crippen molar-refractivity contribution in [3.05, 3.63) is 60.3 Å². The van der Waals surface area contributed by atoms with Crippen molar-refractivity contribution >= 4 is 45.7 Å². The van der Waals surface area contributed by atoms with E-state index in [2.05, 4.69) is 94.9 Å². The van der Waals surface area contributed by atoms with Gasteiger partial charge in [0.1, 0.15) is 0 Å². The minimum absolute atomic E-state index is 0.776. The minimum atomic E-state index is 0.776. The highest BCUT2D eigenvalue weighted by Crippen LogP contribution is 2.22. The molecule has 2 N–H and O–H groups in total. The first kappa shape index (κ1) is 22.7. The van der Waals surface area contributed by atoms with Crippen LogP contribution in [0.1, 0.15) is 25.8 Å². The van der Waals surface area contributed by atoms with Crippen LogP contribution in [0, 0.1) is 0 Å². The summed E-state index contributed by atoms with van der Waals surface area (Å²) in [5.41, 5.74) is 3.48. The van der Waals surface area contributed by atoms with Gasteiger partial charge in [0.2, 0.25) is 0 Å². The zero-order valence-electron chi connectivity index (χ0n) is 18.1. The lowest BCUT2D eigenvalue weighted by Crippen LogP contribution is -2.36. The maximum absolute atomic E-state index is 5.85. The molecule has 0 radical (unpaired) electrons. The molecule has 0 aliphatic carbocycles. The van der Waals surface area contributed by atoms with Gasteiger partial charge in [-0.25, -0.2) is 0 Å². The Hall–Kier alpha value is -2.02. The Kier molecular flexibility index (Phi) is 8.61. The van der Waals surface area contributed by atoms with Gasteiger partial charge in [0.25, 0.3) is 0 Å². The molecule has 0 fully saturated rings. The van der Waals surface area contributed by atoms with E-state index in [9.17, 15) is 0 Å². The SMILES string of the molecule is CCN(CC)CCCN(Cc1c[nH]c2ccccc12)C(=S)Nc1cccc(SC)c1. The van der Waals surface area contributed by atoms with Crippen molar-refractivity contribution in [3.8, 4) is 0 Å². The van der Waals surface area contributed by atoms with E-state index >= 15 is 0 Å². The summed E-state index contributed by atoms with van der Waals surface area (Å²) < 4.78 is 0. The number of hydrogen-bond donors (Lipinski definition) is 2. The van der Waals surface area contributed by atoms with Crippen molar-refractivity contribution < 1.29 is 0 Å². The third-order valence-electron chi connectivity index (χ3n) is 5.44. The summed E-state index contributed by atoms with van der Waals surface area (Å²) in [6.45, 7) is 9.41. The van der Waals surface area contributed by atoms with E-state index < -0.39 is 0 Å². The molecule has 3 aromatic rings. The van der Waals surface area contributed by atoms with Gasteiger partial charge in [-0.05, 0) is 74.4 Å². The molecule has 0 unspecified atom stereocenters. The number of thioether (sulfide) groups is 1. The Morgan fingerprint density at radius 2 is 1.87 bits per heavy atom. The Morgan fingerprint density at radius 1 is 1.07 bits per heavy atom. The molecule has 30 heavy (non-hydrogen) atoms. The van der Waals surface area contributed by atoms with Crippen molar-refractivity contribution in [2.75, 3.05) is 37.8 Å². The summed E-state index contributed by atoms with van der Waals surface area (Å²) in [6, 6.07) is 16.9. The average Bonchev–Trinajstić information content (AvgIpc) is 3.19. The highest BCUT2D eigenvalue weighted by Gasteiger charge is 2.14. The molecule has 2 aromatic carbocycles. The Balaban J connectivity index is 1.74. The maximum atomic E-state index is 5.85. The number of hydrogen-bond acceptors (Lipinski definition) is 3. The fourth-order valence-corrected chi connectivity index (χ4v) is 4.38. The molecule has 1 aromatic heterocycles. The van der Waals surface area contributed by atoms with Crippen LogP contribution in [0.3, 0.4) is 0 Å². The van der Waals surface area contributed by atoms with Crippen LogP contribution < -0.4 is 5.32 Å². The number of aromatic nitrogens is 1. The van der Waals surface area contributed by atoms with E-state index in [0.717, 1.165) is 49.9 Å². The molecule has 3 rings (SSSR count). The first-order chi connectivity index (χ1) is 14.6. The third-order valence-corrected chi connectivity index (χ3v) is 6.53. The first-order valence-corrected chi connectivity index (χ1v) is 12.2. The number of thiocarbonyl (C=S) groups is 1. The van der Waals surface area contributed by atoms with Gasteiger partial charge in [-0.3, -0.25) is 0 Å². The molecule has 160 valence electrons. The van der Waals surface area contributed by atoms with Crippen molar-refractivity contribution in [3.63, 3.8) is 0 Å². The molecule has 0 bridgehead atoms. The number of H-pyrrole nitrogens is 1. The topological polar surface area (TPSA) is 34.3 Å². The Bertz CT molecular complexity index is 949. The number of rotatable bonds is 10. The number of para-hydroxylation sites is 1. The van der Waals surface area contributed by atoms with Crippen LogP contribution in [0.5, 0.6) is 0 Å². The molecular weight excluding hydrogens is 408 g/mol. The summed E-state index contributed by atoms with van der Waals surface area (Å²) in [7, 11) is 0. The van der Waals surface area contributed by atoms with Gasteiger partial charge < -0.3 is 20.1 Å². The number of aromatic amines is 1. The summed E-state index contributed by atoms with van der Waals surface area (Å²) in [5, 5.41) is 5.50. The lowest BCUT2D eigenvalue weighted by molar-refractivity contribution is 0.281. The fourth-order valence-electron chi connectivity index (χ4n) is 3.65. The van der Waals surface area contributed by atoms with E-state index in [0.29, 0.717) is 0 Å². The molecule has 4 nitrogen and oxygen atoms in total. The summed E-state index contributed by atoms with van der Waals surface area (Å²) in [5.74, 6) is 0. The molecule has 0 amide bonds. The second-order valence-electron chi connectivity index (χ2n) is 7.32. The van der Waals surface area contributed by atoms with Gasteiger partial charge in [-0.15, -0.1) is 11.8 Å². The average molecular weight is 441 g/mol. The van der Waals surface area contributed by atoms with Crippen LogP contribution in [-0.2, 0) is 6.54 Å². The highest BCUT2D eigenvalue weighted by molar-refractivity contribution is 7.98. The predicted molar refractivity (Wildman–Crippen MR) is 136 cm³/mol. The number of anilines is 1. The lowest BCUT2D eigenvalue weighted by Gasteiger charge is -2.27. The molecule has 0 saturated heterocycles. The number of nitrogens with zero attached hydrogens (tertiary/aromatic N) is 2. The van der Waals surface area contributed by atoms with E-state index in [1.165, 1.54) is 21.4 Å². The van der Waals surface area contributed by atoms with Crippen LogP contribution in [0.2, 0.25) is 0 Å². The van der Waals surface area contributed by atoms with E-state index in [4.69, 9.17) is 12.2 Å². The van der Waals surface area contributed by atoms with Gasteiger partial charge in [-0.1, -0.05) is 38.1 Å². The quantitative estimate of drug-likeness (QED) is 0.307. The summed E-state index contributed by atoms with van der Waals surface area (Å²) in [4.78, 5) is 9.37. The molecule has 0 aliphatic heterocycles. The second kappa shape index (κ2) is 11.4. The van der Waals surface area contributed by atoms with Crippen molar-refractivity contribution in [2.24, 2.45) is 0 Å². The van der Waals surface area contributed by atoms with Gasteiger partial charge in [0.05, 0.1) is 0 Å². The number of nitrogens with one attached hydrogen (secondary N) is 2. The molecule has 0 spiro atoms. The number of fused-ring (bicyclic) bond motifs is 1. The highest BCUT2D eigenvalue weighted by atomic mass is 32.2. The van der Waals surface area contributed by atoms with Crippen LogP contribution in [0.4, 0.5) is 5.69 Å². The first-order valence-electron chi connectivity index (χ1n) is 10.6. The zero-order chi connectivity index (χ0) is 21.3. The number of benzene rings is 2. The normalized spacial score (nSPS) is 11.2. The van der Waals surface area contributed by atoms with Crippen molar-refractivity contribution in [1.82, 2.24) is 14.8 Å². The fraction of sp³-hybridized carbons (Fsp3) is 0.375. The predicted octanol–water partition coefficient (Wildman–Crippen LogP) is 5.82. The van der Waals surface area contributed by atoms with Gasteiger partial charge >= 0.3 is 0 Å². The largest absolute Gasteiger partial charge is 0.361 e. The van der Waals surface area contributed by atoms with Gasteiger partial charge in [0, 0.05) is 40.8 Å². The van der Waals surface area contributed by atoms with Crippen molar-refractivity contribution in [1.29, 1.82) is 0 Å². The zero-order valence-corrected chi connectivity index (χ0v) is 19.8. The van der Waals surface area contributed by atoms with Gasteiger partial charge in [-0.2, -0.15) is 0 Å². The van der Waals surface area contributed by atoms with E-state index in [-0.39, 0.29) is 0 Å². The molecule has 1 heterocycles. The van der Waals surface area contributed by atoms with Crippen molar-refractivity contribution in [2.45, 2.75) is 31.7 Å². The lowest BCUT2D eigenvalue weighted by atomic mass is 10.1. The molecule has 6 heteroatoms. The minimum Gasteiger partial charge on any atom is -0.361 e. The second-order valence-corrected chi connectivity index (χ2v) is 8.59. The summed E-state index contributed by atoms with van der Waals surface area (Å²) >= 11 is 7.59. The molecule has 0 saturated carbocycles. The van der Waals surface area contributed by atoms with E-state index in [1.54, 1.807) is 11.8 Å². The third kappa shape index (κ3) is 6.00. The Morgan fingerprint density at radius 3 is 2.63 bits per heavy atom.